The minimum atomic E-state index is -0.991. The number of aromatic nitrogens is 2. The summed E-state index contributed by atoms with van der Waals surface area (Å²) in [5.74, 6) is 0.300. The van der Waals surface area contributed by atoms with Crippen LogP contribution >= 0.6 is 0 Å². The van der Waals surface area contributed by atoms with Gasteiger partial charge in [-0.25, -0.2) is 9.78 Å². The van der Waals surface area contributed by atoms with Crippen LogP contribution in [0.2, 0.25) is 0 Å². The van der Waals surface area contributed by atoms with Crippen molar-refractivity contribution in [2.75, 3.05) is 5.32 Å². The molecule has 7 heteroatoms. The van der Waals surface area contributed by atoms with Gasteiger partial charge in [-0.1, -0.05) is 48.5 Å². The minimum Gasteiger partial charge on any atom is -0.489 e. The van der Waals surface area contributed by atoms with E-state index in [1.807, 2.05) is 85.8 Å². The summed E-state index contributed by atoms with van der Waals surface area (Å²) in [5, 5.41) is 12.3. The number of carboxylic acid groups (broad SMARTS) is 1. The first-order valence-corrected chi connectivity index (χ1v) is 11.8. The molecule has 1 heterocycles. The molecule has 0 aliphatic rings. The Bertz CT molecular complexity index is 1590. The highest BCUT2D eigenvalue weighted by molar-refractivity contribution is 6.02. The number of aromatic amines is 1. The Kier molecular flexibility index (Phi) is 6.43. The van der Waals surface area contributed by atoms with E-state index in [4.69, 9.17) is 4.74 Å². The largest absolute Gasteiger partial charge is 0.489 e. The fourth-order valence-corrected chi connectivity index (χ4v) is 4.18. The van der Waals surface area contributed by atoms with Crippen LogP contribution in [0, 0.1) is 6.92 Å². The number of imidazole rings is 1. The van der Waals surface area contributed by atoms with Gasteiger partial charge in [0, 0.05) is 18.2 Å². The van der Waals surface area contributed by atoms with Crippen LogP contribution in [-0.4, -0.2) is 27.0 Å². The molecule has 0 atom stereocenters. The topological polar surface area (TPSA) is 104 Å². The smallest absolute Gasteiger partial charge is 0.337 e. The quantitative estimate of drug-likeness (QED) is 0.243. The Labute approximate surface area is 213 Å². The summed E-state index contributed by atoms with van der Waals surface area (Å²) < 4.78 is 5.90. The Morgan fingerprint density at radius 3 is 2.14 bits per heavy atom. The van der Waals surface area contributed by atoms with Crippen molar-refractivity contribution >= 4 is 28.6 Å². The van der Waals surface area contributed by atoms with Gasteiger partial charge < -0.3 is 20.1 Å². The lowest BCUT2D eigenvalue weighted by Gasteiger charge is -2.09. The summed E-state index contributed by atoms with van der Waals surface area (Å²) in [7, 11) is 0. The van der Waals surface area contributed by atoms with E-state index in [-0.39, 0.29) is 11.5 Å². The number of hydrogen-bond acceptors (Lipinski definition) is 4. The highest BCUT2D eigenvalue weighted by Crippen LogP contribution is 2.28. The molecule has 5 rings (SSSR count). The molecule has 7 nitrogen and oxygen atoms in total. The van der Waals surface area contributed by atoms with E-state index in [9.17, 15) is 14.7 Å². The van der Waals surface area contributed by atoms with E-state index >= 15 is 0 Å². The van der Waals surface area contributed by atoms with Gasteiger partial charge in [-0.2, -0.15) is 0 Å². The van der Waals surface area contributed by atoms with Crippen molar-refractivity contribution in [3.05, 3.63) is 102 Å². The molecule has 0 aliphatic heterocycles. The molecule has 1 aromatic heterocycles. The number of hydrogen-bond donors (Lipinski definition) is 3. The van der Waals surface area contributed by atoms with E-state index < -0.39 is 5.97 Å². The highest BCUT2D eigenvalue weighted by atomic mass is 16.5. The third-order valence-electron chi connectivity index (χ3n) is 5.99. The first kappa shape index (κ1) is 23.8. The SMILES string of the molecule is CC(=O)Nc1ccc(COc2ccc(-c3ccc(-c4nc5c(C(=O)O)cc(C)cc5[nH]4)cc3)cc2)cc1. The zero-order chi connectivity index (χ0) is 25.9. The molecule has 0 unspecified atom stereocenters. The Hall–Kier alpha value is -4.91. The molecule has 0 radical (unpaired) electrons. The third kappa shape index (κ3) is 5.36. The molecular formula is C30H25N3O4. The van der Waals surface area contributed by atoms with Gasteiger partial charge in [0.25, 0.3) is 0 Å². The van der Waals surface area contributed by atoms with Crippen LogP contribution in [0.4, 0.5) is 5.69 Å². The predicted octanol–water partition coefficient (Wildman–Crippen LogP) is 6.44. The third-order valence-corrected chi connectivity index (χ3v) is 5.99. The monoisotopic (exact) mass is 491 g/mol. The van der Waals surface area contributed by atoms with E-state index in [1.165, 1.54) is 6.92 Å². The average Bonchev–Trinajstić information content (AvgIpc) is 3.32. The van der Waals surface area contributed by atoms with E-state index in [0.717, 1.165) is 39.3 Å². The second kappa shape index (κ2) is 9.99. The van der Waals surface area contributed by atoms with Gasteiger partial charge in [-0.05, 0) is 65.6 Å². The van der Waals surface area contributed by atoms with Crippen molar-refractivity contribution < 1.29 is 19.4 Å². The number of amides is 1. The maximum absolute atomic E-state index is 11.6. The number of ether oxygens (including phenoxy) is 1. The van der Waals surface area contributed by atoms with Crippen LogP contribution in [0.3, 0.4) is 0 Å². The van der Waals surface area contributed by atoms with Crippen molar-refractivity contribution in [3.63, 3.8) is 0 Å². The van der Waals surface area contributed by atoms with Crippen LogP contribution < -0.4 is 10.1 Å². The zero-order valence-corrected chi connectivity index (χ0v) is 20.4. The van der Waals surface area contributed by atoms with Gasteiger partial charge >= 0.3 is 5.97 Å². The number of aromatic carboxylic acids is 1. The lowest BCUT2D eigenvalue weighted by molar-refractivity contribution is -0.114. The Balaban J connectivity index is 1.27. The second-order valence-electron chi connectivity index (χ2n) is 8.87. The molecule has 0 bridgehead atoms. The van der Waals surface area contributed by atoms with E-state index in [2.05, 4.69) is 15.3 Å². The molecule has 0 spiro atoms. The predicted molar refractivity (Wildman–Crippen MR) is 144 cm³/mol. The molecule has 5 aromatic rings. The molecule has 184 valence electrons. The van der Waals surface area contributed by atoms with Crippen LogP contribution in [0.5, 0.6) is 5.75 Å². The van der Waals surface area contributed by atoms with Gasteiger partial charge in [-0.3, -0.25) is 4.79 Å². The number of aryl methyl sites for hydroxylation is 1. The number of rotatable bonds is 7. The van der Waals surface area contributed by atoms with E-state index in [0.29, 0.717) is 23.5 Å². The summed E-state index contributed by atoms with van der Waals surface area (Å²) in [6, 6.07) is 26.9. The number of nitrogens with zero attached hydrogens (tertiary/aromatic N) is 1. The number of anilines is 1. The number of nitrogens with one attached hydrogen (secondary N) is 2. The number of benzene rings is 4. The molecule has 0 saturated carbocycles. The summed E-state index contributed by atoms with van der Waals surface area (Å²) >= 11 is 0. The number of carbonyl (C=O) groups excluding carboxylic acids is 1. The van der Waals surface area contributed by atoms with Crippen molar-refractivity contribution in [2.24, 2.45) is 0 Å². The van der Waals surface area contributed by atoms with Gasteiger partial charge in [-0.15, -0.1) is 0 Å². The van der Waals surface area contributed by atoms with Crippen LogP contribution in [0.25, 0.3) is 33.5 Å². The summed E-state index contributed by atoms with van der Waals surface area (Å²) in [6.45, 7) is 3.77. The summed E-state index contributed by atoms with van der Waals surface area (Å²) in [6.07, 6.45) is 0. The average molecular weight is 492 g/mol. The minimum absolute atomic E-state index is 0.0994. The maximum Gasteiger partial charge on any atom is 0.337 e. The number of carbonyl (C=O) groups is 2. The molecule has 4 aromatic carbocycles. The van der Waals surface area contributed by atoms with Gasteiger partial charge in [0.05, 0.1) is 11.1 Å². The molecule has 0 saturated heterocycles. The number of carboxylic acids is 1. The lowest BCUT2D eigenvalue weighted by Crippen LogP contribution is -2.05. The van der Waals surface area contributed by atoms with Crippen molar-refractivity contribution in [2.45, 2.75) is 20.5 Å². The normalized spacial score (nSPS) is 10.9. The Morgan fingerprint density at radius 2 is 1.51 bits per heavy atom. The van der Waals surface area contributed by atoms with Gasteiger partial charge in [0.1, 0.15) is 23.7 Å². The summed E-state index contributed by atoms with van der Waals surface area (Å²) in [5.41, 5.74) is 6.94. The van der Waals surface area contributed by atoms with Crippen molar-refractivity contribution in [3.8, 4) is 28.3 Å². The fraction of sp³-hybridized carbons (Fsp3) is 0.100. The molecule has 0 aliphatic carbocycles. The second-order valence-corrected chi connectivity index (χ2v) is 8.87. The van der Waals surface area contributed by atoms with Crippen LogP contribution in [0.15, 0.2) is 84.9 Å². The Morgan fingerprint density at radius 1 is 0.892 bits per heavy atom. The van der Waals surface area contributed by atoms with Gasteiger partial charge in [0.2, 0.25) is 5.91 Å². The van der Waals surface area contributed by atoms with Crippen molar-refractivity contribution in [1.29, 1.82) is 0 Å². The van der Waals surface area contributed by atoms with Crippen molar-refractivity contribution in [1.82, 2.24) is 9.97 Å². The summed E-state index contributed by atoms with van der Waals surface area (Å²) in [4.78, 5) is 30.6. The number of H-pyrrole nitrogens is 1. The molecule has 3 N–H and O–H groups in total. The first-order chi connectivity index (χ1) is 17.9. The maximum atomic E-state index is 11.6. The van der Waals surface area contributed by atoms with Gasteiger partial charge in [0.15, 0.2) is 0 Å². The van der Waals surface area contributed by atoms with Crippen LogP contribution in [-0.2, 0) is 11.4 Å². The fourth-order valence-electron chi connectivity index (χ4n) is 4.18. The molecule has 0 fully saturated rings. The standard InChI is InChI=1S/C30H25N3O4/c1-18-15-26(30(35)36)28-27(16-18)32-29(33-28)23-7-5-21(6-8-23)22-9-13-25(14-10-22)37-17-20-3-11-24(12-4-20)31-19(2)34/h3-16H,17H2,1-2H3,(H,31,34)(H,32,33)(H,35,36). The van der Waals surface area contributed by atoms with E-state index in [1.54, 1.807) is 6.07 Å². The van der Waals surface area contributed by atoms with Crippen LogP contribution in [0.1, 0.15) is 28.4 Å². The molecule has 1 amide bonds. The molecular weight excluding hydrogens is 466 g/mol. The first-order valence-electron chi connectivity index (χ1n) is 11.8. The number of fused-ring (bicyclic) bond motifs is 1. The molecule has 37 heavy (non-hydrogen) atoms. The zero-order valence-electron chi connectivity index (χ0n) is 20.4. The lowest BCUT2D eigenvalue weighted by atomic mass is 10.0. The highest BCUT2D eigenvalue weighted by Gasteiger charge is 2.15.